The molecule has 0 unspecified atom stereocenters. The van der Waals surface area contributed by atoms with Gasteiger partial charge in [0, 0.05) is 39.5 Å². The Labute approximate surface area is 335 Å². The molecule has 0 heterocycles. The third kappa shape index (κ3) is 14.6. The maximum Gasteiger partial charge on any atom is 0.302 e. The van der Waals surface area contributed by atoms with E-state index in [0.29, 0.717) is 80.8 Å². The Balaban J connectivity index is 1.97. The van der Waals surface area contributed by atoms with Crippen molar-refractivity contribution in [3.8, 4) is 0 Å². The highest BCUT2D eigenvalue weighted by Crippen LogP contribution is 2.48. The van der Waals surface area contributed by atoms with Crippen molar-refractivity contribution in [2.24, 2.45) is 35.5 Å². The van der Waals surface area contributed by atoms with Crippen LogP contribution in [-0.4, -0.2) is 54.2 Å². The fraction of sp³-hybridized carbons (Fsp3) is 0.708. The van der Waals surface area contributed by atoms with Crippen LogP contribution in [0.1, 0.15) is 138 Å². The zero-order valence-corrected chi connectivity index (χ0v) is 35.8. The summed E-state index contributed by atoms with van der Waals surface area (Å²) < 4.78 is 32.9. The number of hydrogen-bond acceptors (Lipinski definition) is 7. The van der Waals surface area contributed by atoms with Gasteiger partial charge >= 0.3 is 11.9 Å². The molecule has 1 aromatic rings. The lowest BCUT2D eigenvalue weighted by atomic mass is 9.65. The molecule has 55 heavy (non-hydrogen) atoms. The summed E-state index contributed by atoms with van der Waals surface area (Å²) in [5, 5.41) is 0. The van der Waals surface area contributed by atoms with Crippen LogP contribution in [0.2, 0.25) is 0 Å². The molecule has 0 aromatic heterocycles. The highest BCUT2D eigenvalue weighted by molar-refractivity contribution is 5.66. The van der Waals surface area contributed by atoms with Crippen molar-refractivity contribution >= 4 is 11.9 Å². The zero-order chi connectivity index (χ0) is 40.6. The first-order chi connectivity index (χ1) is 26.1. The van der Waals surface area contributed by atoms with Gasteiger partial charge in [-0.3, -0.25) is 9.59 Å². The van der Waals surface area contributed by atoms with Gasteiger partial charge in [0.1, 0.15) is 12.2 Å². The number of rotatable bonds is 24. The first-order valence-corrected chi connectivity index (χ1v) is 21.3. The van der Waals surface area contributed by atoms with Gasteiger partial charge < -0.3 is 23.7 Å². The molecule has 3 rings (SSSR count). The topological polar surface area (TPSA) is 80.3 Å². The van der Waals surface area contributed by atoms with Gasteiger partial charge in [-0.15, -0.1) is 19.7 Å². The van der Waals surface area contributed by atoms with Gasteiger partial charge in [0.15, 0.2) is 0 Å². The van der Waals surface area contributed by atoms with E-state index in [1.54, 1.807) is 0 Å². The van der Waals surface area contributed by atoms with Crippen molar-refractivity contribution in [3.05, 3.63) is 73.9 Å². The molecular weight excluding hydrogens is 689 g/mol. The first kappa shape index (κ1) is 46.6. The van der Waals surface area contributed by atoms with Gasteiger partial charge in [-0.1, -0.05) is 103 Å². The van der Waals surface area contributed by atoms with Crippen molar-refractivity contribution in [1.29, 1.82) is 0 Å². The van der Waals surface area contributed by atoms with E-state index < -0.39 is 17.8 Å². The van der Waals surface area contributed by atoms with E-state index in [9.17, 15) is 9.59 Å². The molecule has 0 N–H and O–H groups in total. The quantitative estimate of drug-likeness (QED) is 0.0589. The summed E-state index contributed by atoms with van der Waals surface area (Å²) in [4.78, 5) is 25.3. The maximum absolute atomic E-state index is 12.8. The van der Waals surface area contributed by atoms with Crippen LogP contribution in [0, 0.1) is 35.5 Å². The molecular formula is C48H76O7. The Hall–Kier alpha value is -2.74. The summed E-state index contributed by atoms with van der Waals surface area (Å²) in [6, 6.07) is 10.1. The van der Waals surface area contributed by atoms with E-state index in [-0.39, 0.29) is 29.7 Å². The van der Waals surface area contributed by atoms with Crippen LogP contribution >= 0.6 is 0 Å². The molecule has 0 saturated heterocycles. The minimum absolute atomic E-state index is 0.321. The first-order valence-electron chi connectivity index (χ1n) is 21.3. The molecule has 0 spiro atoms. The SMILES string of the molecule is C=CC[C@]1(O[C@@H](C[C@@H](CCOCc2ccccc2)OC(C)=O)C[C@H](C[C@@H](C=C)O[C@@]2(CC=C)C[C@H](C)CC[C@H]2C(C)C)OC(C)=O)C[C@H](C)CC[C@H]1C(C)C. The van der Waals surface area contributed by atoms with Crippen LogP contribution in [0.15, 0.2) is 68.3 Å². The Kier molecular flexibility index (Phi) is 19.4. The summed E-state index contributed by atoms with van der Waals surface area (Å²) in [6.07, 6.45) is 13.8. The van der Waals surface area contributed by atoms with Gasteiger partial charge in [-0.2, -0.15) is 0 Å². The minimum atomic E-state index is -0.517. The van der Waals surface area contributed by atoms with Gasteiger partial charge in [-0.25, -0.2) is 0 Å². The second-order valence-corrected chi connectivity index (χ2v) is 17.7. The third-order valence-corrected chi connectivity index (χ3v) is 12.2. The Morgan fingerprint density at radius 2 is 1.24 bits per heavy atom. The lowest BCUT2D eigenvalue weighted by molar-refractivity contribution is -0.188. The van der Waals surface area contributed by atoms with E-state index in [2.05, 4.69) is 61.3 Å². The molecule has 2 aliphatic rings. The van der Waals surface area contributed by atoms with Crippen molar-refractivity contribution in [1.82, 2.24) is 0 Å². The summed E-state index contributed by atoms with van der Waals surface area (Å²) in [5.74, 6) is 1.87. The highest BCUT2D eigenvalue weighted by Gasteiger charge is 2.48. The molecule has 10 atom stereocenters. The molecule has 310 valence electrons. The van der Waals surface area contributed by atoms with Crippen LogP contribution < -0.4 is 0 Å². The normalized spacial score (nSPS) is 27.8. The van der Waals surface area contributed by atoms with Crippen molar-refractivity contribution in [2.75, 3.05) is 6.61 Å². The van der Waals surface area contributed by atoms with Gasteiger partial charge in [0.2, 0.25) is 0 Å². The fourth-order valence-corrected chi connectivity index (χ4v) is 10.1. The molecule has 2 saturated carbocycles. The Morgan fingerprint density at radius 1 is 0.727 bits per heavy atom. The number of carbonyl (C=O) groups is 2. The van der Waals surface area contributed by atoms with Crippen molar-refractivity contribution < 1.29 is 33.3 Å². The van der Waals surface area contributed by atoms with Crippen LogP contribution in [0.4, 0.5) is 0 Å². The molecule has 7 heteroatoms. The lowest BCUT2D eigenvalue weighted by Gasteiger charge is -2.50. The second-order valence-electron chi connectivity index (χ2n) is 17.7. The summed E-state index contributed by atoms with van der Waals surface area (Å²) in [6.45, 7) is 30.1. The van der Waals surface area contributed by atoms with Gasteiger partial charge in [-0.05, 0) is 79.6 Å². The Morgan fingerprint density at radius 3 is 1.73 bits per heavy atom. The summed E-state index contributed by atoms with van der Waals surface area (Å²) in [7, 11) is 0. The fourth-order valence-electron chi connectivity index (χ4n) is 10.1. The average Bonchev–Trinajstić information content (AvgIpc) is 3.09. The average molecular weight is 765 g/mol. The molecule has 0 amide bonds. The highest BCUT2D eigenvalue weighted by atomic mass is 16.6. The van der Waals surface area contributed by atoms with E-state index in [1.807, 2.05) is 48.6 Å². The minimum Gasteiger partial charge on any atom is -0.462 e. The standard InChI is InChI=1S/C48H76O7/c1-12-25-47(31-36(8)20-22-45(47)34(4)5)54-41(14-3)28-43(53-39(11)50)30-44(55-48(26-13-2)32-37(9)21-23-46(48)35(6)7)29-42(52-38(10)49)24-27-51-33-40-18-16-15-17-19-40/h12-19,34-37,41-46H,1-3,20-33H2,4-11H3/t36-,37-,41-,42-,43+,44+,45+,46+,47+,48+/m1/s1. The third-order valence-electron chi connectivity index (χ3n) is 12.2. The van der Waals surface area contributed by atoms with Gasteiger partial charge in [0.05, 0.1) is 36.6 Å². The van der Waals surface area contributed by atoms with E-state index in [1.165, 1.54) is 20.3 Å². The van der Waals surface area contributed by atoms with E-state index >= 15 is 0 Å². The van der Waals surface area contributed by atoms with E-state index in [0.717, 1.165) is 44.1 Å². The second kappa shape index (κ2) is 22.9. The van der Waals surface area contributed by atoms with Crippen molar-refractivity contribution in [3.63, 3.8) is 0 Å². The van der Waals surface area contributed by atoms with Crippen LogP contribution in [0.5, 0.6) is 0 Å². The van der Waals surface area contributed by atoms with Crippen LogP contribution in [0.25, 0.3) is 0 Å². The lowest BCUT2D eigenvalue weighted by Crippen LogP contribution is -2.51. The monoisotopic (exact) mass is 765 g/mol. The largest absolute Gasteiger partial charge is 0.462 e. The van der Waals surface area contributed by atoms with Crippen LogP contribution in [-0.2, 0) is 39.9 Å². The molecule has 0 radical (unpaired) electrons. The predicted molar refractivity (Wildman–Crippen MR) is 223 cm³/mol. The predicted octanol–water partition coefficient (Wildman–Crippen LogP) is 11.4. The van der Waals surface area contributed by atoms with Crippen molar-refractivity contribution in [2.45, 2.75) is 175 Å². The molecule has 2 aliphatic carbocycles. The molecule has 2 fully saturated rings. The molecule has 0 aliphatic heterocycles. The van der Waals surface area contributed by atoms with Gasteiger partial charge in [0.25, 0.3) is 0 Å². The summed E-state index contributed by atoms with van der Waals surface area (Å²) in [5.41, 5.74) is 0.264. The van der Waals surface area contributed by atoms with E-state index in [4.69, 9.17) is 23.7 Å². The molecule has 7 nitrogen and oxygen atoms in total. The number of hydrogen-bond donors (Lipinski definition) is 0. The molecule has 1 aromatic carbocycles. The number of carbonyl (C=O) groups excluding carboxylic acids is 2. The maximum atomic E-state index is 12.8. The molecule has 0 bridgehead atoms. The zero-order valence-electron chi connectivity index (χ0n) is 35.8. The Bertz CT molecular complexity index is 1320. The number of esters is 2. The van der Waals surface area contributed by atoms with Crippen LogP contribution in [0.3, 0.4) is 0 Å². The smallest absolute Gasteiger partial charge is 0.302 e. The summed E-state index contributed by atoms with van der Waals surface area (Å²) >= 11 is 0. The number of ether oxygens (including phenoxy) is 5. The number of benzene rings is 1.